The van der Waals surface area contributed by atoms with Gasteiger partial charge in [0.1, 0.15) is 0 Å². The summed E-state index contributed by atoms with van der Waals surface area (Å²) in [6.45, 7) is 1.80. The highest BCUT2D eigenvalue weighted by molar-refractivity contribution is 5.38. The molecule has 1 aliphatic heterocycles. The van der Waals surface area contributed by atoms with Crippen LogP contribution >= 0.6 is 0 Å². The third kappa shape index (κ3) is 2.48. The van der Waals surface area contributed by atoms with Gasteiger partial charge in [0.25, 0.3) is 0 Å². The molecular formula is C11H17N3O2. The fraction of sp³-hybridized carbons (Fsp3) is 0.636. The Morgan fingerprint density at radius 2 is 2.38 bits per heavy atom. The Hall–Kier alpha value is -1.20. The summed E-state index contributed by atoms with van der Waals surface area (Å²) in [4.78, 5) is 2.17. The molecule has 88 valence electrons. The van der Waals surface area contributed by atoms with Crippen LogP contribution in [0.2, 0.25) is 0 Å². The molecule has 1 aliphatic rings. The molecule has 0 aliphatic carbocycles. The Labute approximate surface area is 95.1 Å². The Balaban J connectivity index is 2.05. The molecule has 0 aromatic carbocycles. The first kappa shape index (κ1) is 11.3. The van der Waals surface area contributed by atoms with Crippen LogP contribution in [0.1, 0.15) is 18.5 Å². The number of aromatic nitrogens is 2. The number of nitrogens with zero attached hydrogens (tertiary/aromatic N) is 3. The molecule has 0 amide bonds. The van der Waals surface area contributed by atoms with Crippen LogP contribution in [0.15, 0.2) is 12.1 Å². The summed E-state index contributed by atoms with van der Waals surface area (Å²) in [5, 5.41) is 16.9. The topological polar surface area (TPSA) is 58.5 Å². The predicted octanol–water partition coefficient (Wildman–Crippen LogP) is 0.584. The highest BCUT2D eigenvalue weighted by Crippen LogP contribution is 2.18. The summed E-state index contributed by atoms with van der Waals surface area (Å²) in [6.07, 6.45) is 2.50. The van der Waals surface area contributed by atoms with Crippen molar-refractivity contribution < 1.29 is 9.84 Å². The number of rotatable bonds is 3. The van der Waals surface area contributed by atoms with Crippen LogP contribution in [0.5, 0.6) is 0 Å². The third-order valence-corrected chi connectivity index (χ3v) is 2.90. The van der Waals surface area contributed by atoms with Crippen molar-refractivity contribution in [2.75, 3.05) is 25.1 Å². The number of aliphatic hydroxyl groups is 1. The number of methoxy groups -OCH3 is 1. The van der Waals surface area contributed by atoms with Crippen molar-refractivity contribution >= 4 is 5.82 Å². The van der Waals surface area contributed by atoms with Crippen molar-refractivity contribution in [3.05, 3.63) is 17.8 Å². The van der Waals surface area contributed by atoms with Crippen LogP contribution in [-0.4, -0.2) is 41.6 Å². The van der Waals surface area contributed by atoms with Gasteiger partial charge in [-0.05, 0) is 25.0 Å². The number of hydrogen-bond donors (Lipinski definition) is 1. The molecule has 1 aromatic rings. The van der Waals surface area contributed by atoms with Gasteiger partial charge in [0.15, 0.2) is 5.82 Å². The highest BCUT2D eigenvalue weighted by Gasteiger charge is 2.20. The lowest BCUT2D eigenvalue weighted by atomic mass is 10.1. The zero-order chi connectivity index (χ0) is 11.4. The standard InChI is InChI=1S/C11H17N3O2/c1-16-10-3-2-6-14(7-10)11-5-4-9(8-15)12-13-11/h4-5,10,15H,2-3,6-8H2,1H3. The quantitative estimate of drug-likeness (QED) is 0.812. The van der Waals surface area contributed by atoms with Crippen LogP contribution in [0, 0.1) is 0 Å². The van der Waals surface area contributed by atoms with Crippen molar-refractivity contribution in [2.24, 2.45) is 0 Å². The second-order valence-electron chi connectivity index (χ2n) is 3.99. The van der Waals surface area contributed by atoms with E-state index < -0.39 is 0 Å². The van der Waals surface area contributed by atoms with E-state index in [1.807, 2.05) is 6.07 Å². The van der Waals surface area contributed by atoms with Crippen molar-refractivity contribution in [3.8, 4) is 0 Å². The minimum absolute atomic E-state index is 0.0615. The van der Waals surface area contributed by atoms with Gasteiger partial charge in [0.2, 0.25) is 0 Å². The lowest BCUT2D eigenvalue weighted by molar-refractivity contribution is 0.0891. The first-order valence-electron chi connectivity index (χ1n) is 5.54. The van der Waals surface area contributed by atoms with Gasteiger partial charge in [-0.1, -0.05) is 0 Å². The van der Waals surface area contributed by atoms with Gasteiger partial charge in [-0.15, -0.1) is 5.10 Å². The van der Waals surface area contributed by atoms with E-state index in [0.29, 0.717) is 5.69 Å². The number of ether oxygens (including phenoxy) is 1. The number of hydrogen-bond acceptors (Lipinski definition) is 5. The summed E-state index contributed by atoms with van der Waals surface area (Å²) in [7, 11) is 1.74. The Bertz CT molecular complexity index is 329. The highest BCUT2D eigenvalue weighted by atomic mass is 16.5. The van der Waals surface area contributed by atoms with Gasteiger partial charge < -0.3 is 14.7 Å². The normalized spacial score (nSPS) is 21.1. The largest absolute Gasteiger partial charge is 0.390 e. The maximum absolute atomic E-state index is 8.88. The van der Waals surface area contributed by atoms with Gasteiger partial charge in [-0.25, -0.2) is 0 Å². The summed E-state index contributed by atoms with van der Waals surface area (Å²) < 4.78 is 5.36. The van der Waals surface area contributed by atoms with E-state index in [1.54, 1.807) is 13.2 Å². The molecule has 1 unspecified atom stereocenters. The molecule has 1 atom stereocenters. The van der Waals surface area contributed by atoms with E-state index in [0.717, 1.165) is 31.7 Å². The molecule has 2 rings (SSSR count). The first-order valence-corrected chi connectivity index (χ1v) is 5.54. The van der Waals surface area contributed by atoms with E-state index in [-0.39, 0.29) is 12.7 Å². The zero-order valence-electron chi connectivity index (χ0n) is 9.46. The van der Waals surface area contributed by atoms with Gasteiger partial charge >= 0.3 is 0 Å². The summed E-state index contributed by atoms with van der Waals surface area (Å²) in [5.74, 6) is 0.860. The smallest absolute Gasteiger partial charge is 0.151 e. The number of aliphatic hydroxyl groups excluding tert-OH is 1. The number of anilines is 1. The van der Waals surface area contributed by atoms with E-state index in [9.17, 15) is 0 Å². The average Bonchev–Trinajstić information content (AvgIpc) is 2.39. The third-order valence-electron chi connectivity index (χ3n) is 2.90. The van der Waals surface area contributed by atoms with Crippen LogP contribution in [0.4, 0.5) is 5.82 Å². The Kier molecular flexibility index (Phi) is 3.69. The van der Waals surface area contributed by atoms with Gasteiger partial charge in [-0.2, -0.15) is 5.10 Å². The molecule has 0 radical (unpaired) electrons. The fourth-order valence-electron chi connectivity index (χ4n) is 1.94. The molecule has 1 N–H and O–H groups in total. The predicted molar refractivity (Wildman–Crippen MR) is 60.2 cm³/mol. The number of piperidine rings is 1. The SMILES string of the molecule is COC1CCCN(c2ccc(CO)nn2)C1. The molecule has 2 heterocycles. The molecule has 0 saturated carbocycles. The zero-order valence-corrected chi connectivity index (χ0v) is 9.46. The first-order chi connectivity index (χ1) is 7.83. The van der Waals surface area contributed by atoms with E-state index >= 15 is 0 Å². The van der Waals surface area contributed by atoms with Crippen molar-refractivity contribution in [1.29, 1.82) is 0 Å². The molecular weight excluding hydrogens is 206 g/mol. The minimum Gasteiger partial charge on any atom is -0.390 e. The van der Waals surface area contributed by atoms with Crippen molar-refractivity contribution in [1.82, 2.24) is 10.2 Å². The van der Waals surface area contributed by atoms with Crippen molar-refractivity contribution in [2.45, 2.75) is 25.6 Å². The molecule has 5 nitrogen and oxygen atoms in total. The summed E-state index contributed by atoms with van der Waals surface area (Å²) >= 11 is 0. The Morgan fingerprint density at radius 3 is 3.00 bits per heavy atom. The van der Waals surface area contributed by atoms with Crippen LogP contribution in [-0.2, 0) is 11.3 Å². The average molecular weight is 223 g/mol. The molecule has 1 aromatic heterocycles. The lowest BCUT2D eigenvalue weighted by Gasteiger charge is -2.32. The maximum Gasteiger partial charge on any atom is 0.151 e. The van der Waals surface area contributed by atoms with Crippen molar-refractivity contribution in [3.63, 3.8) is 0 Å². The second kappa shape index (κ2) is 5.23. The minimum atomic E-state index is -0.0615. The van der Waals surface area contributed by atoms with E-state index in [2.05, 4.69) is 15.1 Å². The summed E-state index contributed by atoms with van der Waals surface area (Å²) in [6, 6.07) is 3.70. The summed E-state index contributed by atoms with van der Waals surface area (Å²) in [5.41, 5.74) is 0.601. The van der Waals surface area contributed by atoms with Crippen LogP contribution in [0.3, 0.4) is 0 Å². The monoisotopic (exact) mass is 223 g/mol. The van der Waals surface area contributed by atoms with Gasteiger partial charge in [-0.3, -0.25) is 0 Å². The molecule has 5 heteroatoms. The van der Waals surface area contributed by atoms with Crippen LogP contribution < -0.4 is 4.90 Å². The van der Waals surface area contributed by atoms with Crippen LogP contribution in [0.25, 0.3) is 0 Å². The second-order valence-corrected chi connectivity index (χ2v) is 3.99. The molecule has 0 bridgehead atoms. The molecule has 16 heavy (non-hydrogen) atoms. The molecule has 1 fully saturated rings. The molecule has 1 saturated heterocycles. The molecule has 0 spiro atoms. The fourth-order valence-corrected chi connectivity index (χ4v) is 1.94. The van der Waals surface area contributed by atoms with Gasteiger partial charge in [0.05, 0.1) is 18.4 Å². The maximum atomic E-state index is 8.88. The van der Waals surface area contributed by atoms with E-state index in [1.165, 1.54) is 0 Å². The van der Waals surface area contributed by atoms with Gasteiger partial charge in [0, 0.05) is 20.2 Å². The lowest BCUT2D eigenvalue weighted by Crippen LogP contribution is -2.39. The Morgan fingerprint density at radius 1 is 1.50 bits per heavy atom. The van der Waals surface area contributed by atoms with E-state index in [4.69, 9.17) is 9.84 Å².